The highest BCUT2D eigenvalue weighted by atomic mass is 32.1. The predicted molar refractivity (Wildman–Crippen MR) is 118 cm³/mol. The summed E-state index contributed by atoms with van der Waals surface area (Å²) in [5.41, 5.74) is 2.32. The van der Waals surface area contributed by atoms with E-state index in [1.807, 2.05) is 53.4 Å². The van der Waals surface area contributed by atoms with E-state index in [2.05, 4.69) is 20.5 Å². The molecule has 2 N–H and O–H groups in total. The van der Waals surface area contributed by atoms with Gasteiger partial charge in [-0.2, -0.15) is 16.4 Å². The molecule has 0 radical (unpaired) electrons. The van der Waals surface area contributed by atoms with E-state index < -0.39 is 0 Å². The Hall–Kier alpha value is -3.19. The van der Waals surface area contributed by atoms with Gasteiger partial charge in [0.15, 0.2) is 0 Å². The standard InChI is InChI=1S/C23H22N4O2S/c28-23(21-12-20(26-27-21)16-9-11-30-14-16)25-17-4-6-18(7-5-17)29-22-3-1-2-15-13-24-10-8-19(15)22/h1-3,8-14,17-18H,4-7H2,(H,25,28)(H,26,27). The van der Waals surface area contributed by atoms with Crippen molar-refractivity contribution in [1.82, 2.24) is 20.5 Å². The number of benzene rings is 1. The Balaban J connectivity index is 1.17. The average molecular weight is 419 g/mol. The second-order valence-electron chi connectivity index (χ2n) is 7.60. The Kier molecular flexibility index (Phi) is 5.19. The molecule has 1 amide bonds. The number of aromatic amines is 1. The van der Waals surface area contributed by atoms with E-state index in [1.165, 1.54) is 0 Å². The number of fused-ring (bicyclic) bond motifs is 1. The first-order valence-corrected chi connectivity index (χ1v) is 11.1. The van der Waals surface area contributed by atoms with Crippen LogP contribution in [-0.4, -0.2) is 33.2 Å². The number of hydrogen-bond donors (Lipinski definition) is 2. The number of pyridine rings is 1. The molecule has 0 unspecified atom stereocenters. The van der Waals surface area contributed by atoms with Gasteiger partial charge in [0, 0.05) is 40.2 Å². The molecule has 0 aliphatic heterocycles. The number of ether oxygens (including phenoxy) is 1. The zero-order valence-electron chi connectivity index (χ0n) is 16.4. The molecule has 1 fully saturated rings. The van der Waals surface area contributed by atoms with Gasteiger partial charge in [-0.3, -0.25) is 14.9 Å². The van der Waals surface area contributed by atoms with Gasteiger partial charge in [0.05, 0.1) is 11.8 Å². The van der Waals surface area contributed by atoms with Crippen LogP contribution in [0.15, 0.2) is 59.6 Å². The molecular weight excluding hydrogens is 396 g/mol. The fourth-order valence-corrected chi connectivity index (χ4v) is 4.61. The van der Waals surface area contributed by atoms with Gasteiger partial charge in [-0.1, -0.05) is 12.1 Å². The summed E-state index contributed by atoms with van der Waals surface area (Å²) in [5, 5.41) is 16.4. The van der Waals surface area contributed by atoms with E-state index in [0.29, 0.717) is 5.69 Å². The molecule has 30 heavy (non-hydrogen) atoms. The molecule has 1 aliphatic carbocycles. The summed E-state index contributed by atoms with van der Waals surface area (Å²) in [5.74, 6) is 0.802. The number of aromatic nitrogens is 3. The number of rotatable bonds is 5. The van der Waals surface area contributed by atoms with Gasteiger partial charge in [0.2, 0.25) is 0 Å². The molecule has 0 atom stereocenters. The lowest BCUT2D eigenvalue weighted by Gasteiger charge is -2.29. The van der Waals surface area contributed by atoms with Crippen molar-refractivity contribution in [3.63, 3.8) is 0 Å². The number of hydrogen-bond acceptors (Lipinski definition) is 5. The van der Waals surface area contributed by atoms with Crippen LogP contribution in [0.3, 0.4) is 0 Å². The SMILES string of the molecule is O=C(NC1CCC(Oc2cccc3cnccc23)CC1)c1cc(-c2ccsc2)n[nH]1. The van der Waals surface area contributed by atoms with Crippen molar-refractivity contribution < 1.29 is 9.53 Å². The third-order valence-electron chi connectivity index (χ3n) is 5.58. The maximum absolute atomic E-state index is 12.6. The summed E-state index contributed by atoms with van der Waals surface area (Å²) < 4.78 is 6.30. The summed E-state index contributed by atoms with van der Waals surface area (Å²) >= 11 is 1.61. The fraction of sp³-hybridized carbons (Fsp3) is 0.261. The van der Waals surface area contributed by atoms with Crippen molar-refractivity contribution in [2.45, 2.75) is 37.8 Å². The lowest BCUT2D eigenvalue weighted by atomic mass is 9.92. The highest BCUT2D eigenvalue weighted by Gasteiger charge is 2.25. The van der Waals surface area contributed by atoms with Crippen LogP contribution in [0.4, 0.5) is 0 Å². The number of amides is 1. The van der Waals surface area contributed by atoms with E-state index in [0.717, 1.165) is 53.5 Å². The molecule has 3 aromatic heterocycles. The molecule has 0 spiro atoms. The molecule has 152 valence electrons. The number of thiophene rings is 1. The average Bonchev–Trinajstić information content (AvgIpc) is 3.47. The Morgan fingerprint density at radius 3 is 2.90 bits per heavy atom. The Labute approximate surface area is 178 Å². The third kappa shape index (κ3) is 3.93. The first-order valence-electron chi connectivity index (χ1n) is 10.1. The van der Waals surface area contributed by atoms with Crippen LogP contribution in [-0.2, 0) is 0 Å². The minimum absolute atomic E-state index is 0.102. The predicted octanol–water partition coefficient (Wildman–Crippen LogP) is 4.81. The molecule has 6 nitrogen and oxygen atoms in total. The van der Waals surface area contributed by atoms with Gasteiger partial charge in [0.25, 0.3) is 5.91 Å². The molecule has 1 saturated carbocycles. The number of carbonyl (C=O) groups excluding carboxylic acids is 1. The van der Waals surface area contributed by atoms with Crippen molar-refractivity contribution in [1.29, 1.82) is 0 Å². The number of nitrogens with one attached hydrogen (secondary N) is 2. The monoisotopic (exact) mass is 418 g/mol. The number of nitrogens with zero attached hydrogens (tertiary/aromatic N) is 2. The van der Waals surface area contributed by atoms with Crippen molar-refractivity contribution in [3.05, 3.63) is 65.2 Å². The van der Waals surface area contributed by atoms with E-state index in [1.54, 1.807) is 17.5 Å². The summed E-state index contributed by atoms with van der Waals surface area (Å²) in [4.78, 5) is 16.8. The highest BCUT2D eigenvalue weighted by Crippen LogP contribution is 2.29. The van der Waals surface area contributed by atoms with Crippen molar-refractivity contribution in [2.75, 3.05) is 0 Å². The number of H-pyrrole nitrogens is 1. The van der Waals surface area contributed by atoms with E-state index >= 15 is 0 Å². The second-order valence-corrected chi connectivity index (χ2v) is 8.38. The summed E-state index contributed by atoms with van der Waals surface area (Å²) in [7, 11) is 0. The third-order valence-corrected chi connectivity index (χ3v) is 6.27. The fourth-order valence-electron chi connectivity index (χ4n) is 3.96. The van der Waals surface area contributed by atoms with Crippen molar-refractivity contribution >= 4 is 28.0 Å². The quantitative estimate of drug-likeness (QED) is 0.488. The van der Waals surface area contributed by atoms with Crippen LogP contribution >= 0.6 is 11.3 Å². The topological polar surface area (TPSA) is 79.9 Å². The zero-order valence-corrected chi connectivity index (χ0v) is 17.2. The van der Waals surface area contributed by atoms with Gasteiger partial charge in [-0.25, -0.2) is 0 Å². The number of carbonyl (C=O) groups is 1. The minimum Gasteiger partial charge on any atom is -0.490 e. The smallest absolute Gasteiger partial charge is 0.269 e. The lowest BCUT2D eigenvalue weighted by molar-refractivity contribution is 0.0890. The van der Waals surface area contributed by atoms with Crippen LogP contribution < -0.4 is 10.1 Å². The minimum atomic E-state index is -0.102. The highest BCUT2D eigenvalue weighted by molar-refractivity contribution is 7.08. The van der Waals surface area contributed by atoms with Crippen LogP contribution in [0, 0.1) is 0 Å². The van der Waals surface area contributed by atoms with E-state index in [4.69, 9.17) is 4.74 Å². The maximum atomic E-state index is 12.6. The molecule has 4 aromatic rings. The Morgan fingerprint density at radius 2 is 2.07 bits per heavy atom. The zero-order chi connectivity index (χ0) is 20.3. The second kappa shape index (κ2) is 8.28. The molecular formula is C23H22N4O2S. The summed E-state index contributed by atoms with van der Waals surface area (Å²) in [6.45, 7) is 0. The van der Waals surface area contributed by atoms with E-state index in [-0.39, 0.29) is 18.1 Å². The normalized spacial score (nSPS) is 18.9. The first kappa shape index (κ1) is 18.8. The Bertz CT molecular complexity index is 1140. The first-order chi connectivity index (χ1) is 14.8. The molecule has 5 rings (SSSR count). The van der Waals surface area contributed by atoms with Gasteiger partial charge in [-0.15, -0.1) is 0 Å². The summed E-state index contributed by atoms with van der Waals surface area (Å²) in [6.07, 6.45) is 7.43. The van der Waals surface area contributed by atoms with Crippen molar-refractivity contribution in [2.24, 2.45) is 0 Å². The molecule has 3 heterocycles. The largest absolute Gasteiger partial charge is 0.490 e. The van der Waals surface area contributed by atoms with Gasteiger partial charge in [0.1, 0.15) is 11.4 Å². The maximum Gasteiger partial charge on any atom is 0.269 e. The van der Waals surface area contributed by atoms with Gasteiger partial charge >= 0.3 is 0 Å². The molecule has 0 bridgehead atoms. The van der Waals surface area contributed by atoms with Crippen LogP contribution in [0.5, 0.6) is 5.75 Å². The van der Waals surface area contributed by atoms with Gasteiger partial charge in [-0.05, 0) is 55.3 Å². The van der Waals surface area contributed by atoms with Gasteiger partial charge < -0.3 is 10.1 Å². The molecule has 0 saturated heterocycles. The molecule has 1 aromatic carbocycles. The van der Waals surface area contributed by atoms with Crippen molar-refractivity contribution in [3.8, 4) is 17.0 Å². The Morgan fingerprint density at radius 1 is 1.17 bits per heavy atom. The van der Waals surface area contributed by atoms with Crippen LogP contribution in [0.25, 0.3) is 22.0 Å². The van der Waals surface area contributed by atoms with E-state index in [9.17, 15) is 4.79 Å². The lowest BCUT2D eigenvalue weighted by Crippen LogP contribution is -2.39. The molecule has 1 aliphatic rings. The summed E-state index contributed by atoms with van der Waals surface area (Å²) in [6, 6.07) is 12.0. The van der Waals surface area contributed by atoms with Crippen LogP contribution in [0.1, 0.15) is 36.2 Å². The van der Waals surface area contributed by atoms with Crippen LogP contribution in [0.2, 0.25) is 0 Å². The molecule has 7 heteroatoms.